The highest BCUT2D eigenvalue weighted by Gasteiger charge is 2.31. The Hall–Kier alpha value is -3.76. The third-order valence-electron chi connectivity index (χ3n) is 7.31. The fourth-order valence-corrected chi connectivity index (χ4v) is 6.04. The number of sulfonamides is 1. The van der Waals surface area contributed by atoms with Crippen LogP contribution in [0.25, 0.3) is 0 Å². The molecule has 0 radical (unpaired) electrons. The molecule has 11 heteroatoms. The van der Waals surface area contributed by atoms with E-state index in [1.807, 2.05) is 50.2 Å². The van der Waals surface area contributed by atoms with Crippen molar-refractivity contribution in [3.05, 3.63) is 88.9 Å². The van der Waals surface area contributed by atoms with Crippen molar-refractivity contribution in [2.45, 2.75) is 58.2 Å². The number of rotatable bonds is 14. The lowest BCUT2D eigenvalue weighted by Gasteiger charge is -2.32. The van der Waals surface area contributed by atoms with E-state index in [1.54, 1.807) is 41.3 Å². The Labute approximate surface area is 258 Å². The standard InChI is InChI=1S/C32H38ClN3O6S/c1-4-23(2)34-32(38)28(19-24-10-6-5-7-11-24)35(21-25-12-8-13-26(33)18-25)31(37)14-9-17-36(43(3,39)40)27-15-16-29-30(20-27)42-22-41-29/h5-8,10-13,15-16,18,20,23,28H,4,9,14,17,19,21-22H2,1-3H3,(H,34,38)/t23-,28-/m0/s1. The first-order chi connectivity index (χ1) is 20.5. The van der Waals surface area contributed by atoms with Crippen molar-refractivity contribution in [1.82, 2.24) is 10.2 Å². The van der Waals surface area contributed by atoms with Crippen LogP contribution < -0.4 is 19.1 Å². The molecule has 0 aromatic heterocycles. The monoisotopic (exact) mass is 627 g/mol. The second kappa shape index (κ2) is 14.6. The number of hydrogen-bond acceptors (Lipinski definition) is 6. The van der Waals surface area contributed by atoms with E-state index >= 15 is 0 Å². The maximum Gasteiger partial charge on any atom is 0.243 e. The number of carbonyl (C=O) groups is 2. The zero-order chi connectivity index (χ0) is 31.0. The smallest absolute Gasteiger partial charge is 0.243 e. The first kappa shape index (κ1) is 32.2. The van der Waals surface area contributed by atoms with Gasteiger partial charge in [-0.2, -0.15) is 0 Å². The Balaban J connectivity index is 1.58. The third kappa shape index (κ3) is 8.87. The van der Waals surface area contributed by atoms with Crippen LogP contribution in [0, 0.1) is 0 Å². The summed E-state index contributed by atoms with van der Waals surface area (Å²) in [5.41, 5.74) is 2.12. The highest BCUT2D eigenvalue weighted by atomic mass is 35.5. The van der Waals surface area contributed by atoms with Crippen LogP contribution in [0.1, 0.15) is 44.2 Å². The molecule has 4 rings (SSSR count). The summed E-state index contributed by atoms with van der Waals surface area (Å²) in [5.74, 6) is 0.501. The number of carbonyl (C=O) groups excluding carboxylic acids is 2. The predicted octanol–water partition coefficient (Wildman–Crippen LogP) is 5.17. The second-order valence-corrected chi connectivity index (χ2v) is 13.0. The van der Waals surface area contributed by atoms with E-state index < -0.39 is 16.1 Å². The van der Waals surface area contributed by atoms with Gasteiger partial charge in [0.1, 0.15) is 6.04 Å². The van der Waals surface area contributed by atoms with E-state index in [0.29, 0.717) is 28.6 Å². The summed E-state index contributed by atoms with van der Waals surface area (Å²) < 4.78 is 37.5. The average Bonchev–Trinajstić information content (AvgIpc) is 3.45. The molecule has 0 bridgehead atoms. The number of nitrogens with one attached hydrogen (secondary N) is 1. The lowest BCUT2D eigenvalue weighted by Crippen LogP contribution is -2.52. The van der Waals surface area contributed by atoms with Crippen LogP contribution in [0.2, 0.25) is 5.02 Å². The molecule has 43 heavy (non-hydrogen) atoms. The van der Waals surface area contributed by atoms with Crippen LogP contribution >= 0.6 is 11.6 Å². The molecule has 230 valence electrons. The van der Waals surface area contributed by atoms with Gasteiger partial charge in [0.2, 0.25) is 28.6 Å². The van der Waals surface area contributed by atoms with E-state index in [2.05, 4.69) is 5.32 Å². The van der Waals surface area contributed by atoms with E-state index in [0.717, 1.165) is 23.8 Å². The minimum absolute atomic E-state index is 0.0268. The van der Waals surface area contributed by atoms with Crippen LogP contribution in [0.15, 0.2) is 72.8 Å². The highest BCUT2D eigenvalue weighted by Crippen LogP contribution is 2.36. The van der Waals surface area contributed by atoms with Gasteiger partial charge in [-0.05, 0) is 55.2 Å². The Bertz CT molecular complexity index is 1520. The summed E-state index contributed by atoms with van der Waals surface area (Å²) in [6, 6.07) is 20.8. The number of hydrogen-bond donors (Lipinski definition) is 1. The van der Waals surface area contributed by atoms with Crippen molar-refractivity contribution in [2.75, 3.05) is 23.9 Å². The molecule has 2 amide bonds. The molecule has 1 N–H and O–H groups in total. The van der Waals surface area contributed by atoms with Gasteiger partial charge >= 0.3 is 0 Å². The number of fused-ring (bicyclic) bond motifs is 1. The lowest BCUT2D eigenvalue weighted by atomic mass is 10.0. The Kier molecular flexibility index (Phi) is 10.9. The van der Waals surface area contributed by atoms with Gasteiger partial charge in [-0.1, -0.05) is 61.0 Å². The van der Waals surface area contributed by atoms with E-state index in [9.17, 15) is 18.0 Å². The normalized spacial score (nSPS) is 13.7. The number of nitrogens with zero attached hydrogens (tertiary/aromatic N) is 2. The van der Waals surface area contributed by atoms with E-state index in [-0.39, 0.29) is 50.6 Å². The lowest BCUT2D eigenvalue weighted by molar-refractivity contribution is -0.141. The average molecular weight is 628 g/mol. The van der Waals surface area contributed by atoms with Crippen LogP contribution in [0.4, 0.5) is 5.69 Å². The molecular weight excluding hydrogens is 590 g/mol. The number of amides is 2. The first-order valence-corrected chi connectivity index (χ1v) is 16.5. The molecule has 0 saturated carbocycles. The summed E-state index contributed by atoms with van der Waals surface area (Å²) in [5, 5.41) is 3.58. The first-order valence-electron chi connectivity index (χ1n) is 14.3. The minimum Gasteiger partial charge on any atom is -0.454 e. The number of halogens is 1. The minimum atomic E-state index is -3.66. The maximum absolute atomic E-state index is 14.0. The van der Waals surface area contributed by atoms with Gasteiger partial charge in [0.05, 0.1) is 11.9 Å². The Morgan fingerprint density at radius 2 is 1.70 bits per heavy atom. The van der Waals surface area contributed by atoms with E-state index in [1.165, 1.54) is 4.31 Å². The molecule has 1 aliphatic rings. The molecule has 0 saturated heterocycles. The zero-order valence-corrected chi connectivity index (χ0v) is 26.2. The molecule has 1 aliphatic heterocycles. The second-order valence-electron chi connectivity index (χ2n) is 10.7. The SMILES string of the molecule is CC[C@H](C)NC(=O)[C@H](Cc1ccccc1)N(Cc1cccc(Cl)c1)C(=O)CCCN(c1ccc2c(c1)OCO2)S(C)(=O)=O. The molecule has 3 aromatic rings. The number of anilines is 1. The Morgan fingerprint density at radius 1 is 0.977 bits per heavy atom. The van der Waals surface area contributed by atoms with Crippen LogP contribution in [0.3, 0.4) is 0 Å². The van der Waals surface area contributed by atoms with Gasteiger partial charge in [-0.3, -0.25) is 13.9 Å². The topological polar surface area (TPSA) is 105 Å². The fraction of sp³-hybridized carbons (Fsp3) is 0.375. The number of benzene rings is 3. The van der Waals surface area contributed by atoms with Crippen molar-refractivity contribution in [1.29, 1.82) is 0 Å². The Morgan fingerprint density at radius 3 is 2.40 bits per heavy atom. The van der Waals surface area contributed by atoms with Gasteiger partial charge in [-0.25, -0.2) is 8.42 Å². The third-order valence-corrected chi connectivity index (χ3v) is 8.74. The molecule has 0 fully saturated rings. The largest absolute Gasteiger partial charge is 0.454 e. The number of ether oxygens (including phenoxy) is 2. The fourth-order valence-electron chi connectivity index (χ4n) is 4.87. The molecule has 0 unspecified atom stereocenters. The quantitative estimate of drug-likeness (QED) is 0.264. The summed E-state index contributed by atoms with van der Waals surface area (Å²) >= 11 is 6.26. The van der Waals surface area contributed by atoms with Crippen molar-refractivity contribution in [3.63, 3.8) is 0 Å². The van der Waals surface area contributed by atoms with Crippen LogP contribution in [0.5, 0.6) is 11.5 Å². The molecule has 2 atom stereocenters. The van der Waals surface area contributed by atoms with Gasteiger partial charge in [0.25, 0.3) is 0 Å². The summed E-state index contributed by atoms with van der Waals surface area (Å²) in [6.07, 6.45) is 2.45. The van der Waals surface area contributed by atoms with Crippen molar-refractivity contribution in [2.24, 2.45) is 0 Å². The zero-order valence-electron chi connectivity index (χ0n) is 24.7. The molecular formula is C32H38ClN3O6S. The van der Waals surface area contributed by atoms with Crippen LogP contribution in [-0.2, 0) is 32.6 Å². The van der Waals surface area contributed by atoms with E-state index in [4.69, 9.17) is 21.1 Å². The molecule has 0 spiro atoms. The predicted molar refractivity (Wildman–Crippen MR) is 168 cm³/mol. The van der Waals surface area contributed by atoms with Crippen molar-refractivity contribution in [3.8, 4) is 11.5 Å². The van der Waals surface area contributed by atoms with Crippen LogP contribution in [-0.4, -0.2) is 56.8 Å². The van der Waals surface area contributed by atoms with Crippen molar-refractivity contribution < 1.29 is 27.5 Å². The molecule has 9 nitrogen and oxygen atoms in total. The molecule has 1 heterocycles. The summed E-state index contributed by atoms with van der Waals surface area (Å²) in [4.78, 5) is 29.2. The maximum atomic E-state index is 14.0. The highest BCUT2D eigenvalue weighted by molar-refractivity contribution is 7.92. The van der Waals surface area contributed by atoms with Gasteiger partial charge < -0.3 is 19.7 Å². The summed E-state index contributed by atoms with van der Waals surface area (Å²) in [7, 11) is -3.66. The van der Waals surface area contributed by atoms with Crippen molar-refractivity contribution >= 4 is 39.1 Å². The van der Waals surface area contributed by atoms with Gasteiger partial charge in [-0.15, -0.1) is 0 Å². The molecule has 3 aromatic carbocycles. The van der Waals surface area contributed by atoms with Gasteiger partial charge in [0.15, 0.2) is 11.5 Å². The van der Waals surface area contributed by atoms with Gasteiger partial charge in [0, 0.05) is 43.1 Å². The molecule has 0 aliphatic carbocycles. The summed E-state index contributed by atoms with van der Waals surface area (Å²) in [6.45, 7) is 4.22.